The molecule has 3 rings (SSSR count). The summed E-state index contributed by atoms with van der Waals surface area (Å²) in [4.78, 5) is 1.85. The molecule has 0 atom stereocenters. The van der Waals surface area contributed by atoms with Gasteiger partial charge in [-0.05, 0) is 29.3 Å². The van der Waals surface area contributed by atoms with Crippen LogP contribution in [0.1, 0.15) is 0 Å². The van der Waals surface area contributed by atoms with Crippen molar-refractivity contribution in [3.8, 4) is 20.9 Å². The number of benzene rings is 2. The molecule has 0 fully saturated rings. The van der Waals surface area contributed by atoms with Crippen molar-refractivity contribution in [3.63, 3.8) is 0 Å². The van der Waals surface area contributed by atoms with Crippen LogP contribution >= 0.6 is 22.9 Å². The molecule has 1 heterocycles. The highest BCUT2D eigenvalue weighted by Gasteiger charge is 2.21. The first-order valence-electron chi connectivity index (χ1n) is 6.46. The lowest BCUT2D eigenvalue weighted by Crippen LogP contribution is -2.29. The molecule has 0 aliphatic carbocycles. The zero-order chi connectivity index (χ0) is 14.8. The Labute approximate surface area is 132 Å². The van der Waals surface area contributed by atoms with Gasteiger partial charge >= 0.3 is 7.12 Å². The Balaban J connectivity index is 2.11. The van der Waals surface area contributed by atoms with E-state index in [2.05, 4.69) is 0 Å². The Morgan fingerprint density at radius 2 is 1.52 bits per heavy atom. The first-order valence-corrected chi connectivity index (χ1v) is 7.66. The van der Waals surface area contributed by atoms with Crippen molar-refractivity contribution in [2.24, 2.45) is 0 Å². The summed E-state index contributed by atoms with van der Waals surface area (Å²) in [6, 6.07) is 19.1. The van der Waals surface area contributed by atoms with Crippen molar-refractivity contribution >= 4 is 35.5 Å². The van der Waals surface area contributed by atoms with Gasteiger partial charge in [0.05, 0.1) is 0 Å². The minimum absolute atomic E-state index is 0.515. The SMILES string of the molecule is OB(O)c1cc(-c2ccccc2)sc1-c1ccc(Cl)cc1. The number of halogens is 1. The zero-order valence-corrected chi connectivity index (χ0v) is 12.6. The molecule has 3 aromatic rings. The van der Waals surface area contributed by atoms with Crippen LogP contribution in [0.2, 0.25) is 5.02 Å². The molecule has 2 N–H and O–H groups in total. The van der Waals surface area contributed by atoms with E-state index in [-0.39, 0.29) is 0 Å². The molecule has 0 aliphatic rings. The van der Waals surface area contributed by atoms with Gasteiger partial charge in [-0.25, -0.2) is 0 Å². The van der Waals surface area contributed by atoms with Gasteiger partial charge in [-0.3, -0.25) is 0 Å². The van der Waals surface area contributed by atoms with E-state index in [0.29, 0.717) is 10.5 Å². The van der Waals surface area contributed by atoms with Gasteiger partial charge in [-0.2, -0.15) is 0 Å². The minimum atomic E-state index is -1.50. The fourth-order valence-corrected chi connectivity index (χ4v) is 3.49. The lowest BCUT2D eigenvalue weighted by atomic mass is 9.79. The number of rotatable bonds is 3. The van der Waals surface area contributed by atoms with Gasteiger partial charge in [-0.1, -0.05) is 54.1 Å². The molecule has 0 spiro atoms. The van der Waals surface area contributed by atoms with Gasteiger partial charge < -0.3 is 10.0 Å². The quantitative estimate of drug-likeness (QED) is 0.727. The fourth-order valence-electron chi connectivity index (χ4n) is 2.17. The Morgan fingerprint density at radius 1 is 0.857 bits per heavy atom. The monoisotopic (exact) mass is 314 g/mol. The smallest absolute Gasteiger partial charge is 0.423 e. The number of hydrogen-bond donors (Lipinski definition) is 2. The average Bonchev–Trinajstić information content (AvgIpc) is 2.94. The Hall–Kier alpha value is -1.59. The molecule has 0 aliphatic heterocycles. The van der Waals surface area contributed by atoms with Crippen LogP contribution in [0, 0.1) is 0 Å². The van der Waals surface area contributed by atoms with Crippen LogP contribution in [0.5, 0.6) is 0 Å². The van der Waals surface area contributed by atoms with Crippen molar-refractivity contribution in [1.29, 1.82) is 0 Å². The first kappa shape index (κ1) is 14.4. The summed E-state index contributed by atoms with van der Waals surface area (Å²) in [5.41, 5.74) is 2.50. The largest absolute Gasteiger partial charge is 0.489 e. The summed E-state index contributed by atoms with van der Waals surface area (Å²) < 4.78 is 0. The van der Waals surface area contributed by atoms with Crippen molar-refractivity contribution in [3.05, 3.63) is 65.7 Å². The molecule has 21 heavy (non-hydrogen) atoms. The third-order valence-electron chi connectivity index (χ3n) is 3.20. The summed E-state index contributed by atoms with van der Waals surface area (Å²) in [5, 5.41) is 19.9. The second kappa shape index (κ2) is 6.04. The van der Waals surface area contributed by atoms with Crippen LogP contribution in [0.25, 0.3) is 20.9 Å². The van der Waals surface area contributed by atoms with Gasteiger partial charge in [0.25, 0.3) is 0 Å². The van der Waals surface area contributed by atoms with Gasteiger partial charge in [0.1, 0.15) is 0 Å². The molecule has 0 unspecified atom stereocenters. The fraction of sp³-hybridized carbons (Fsp3) is 0. The maximum absolute atomic E-state index is 9.62. The molecular formula is C16H12BClO2S. The van der Waals surface area contributed by atoms with Crippen LogP contribution in [-0.2, 0) is 0 Å². The zero-order valence-electron chi connectivity index (χ0n) is 11.0. The van der Waals surface area contributed by atoms with Crippen LogP contribution in [-0.4, -0.2) is 17.2 Å². The molecular weight excluding hydrogens is 303 g/mol. The summed E-state index contributed by atoms with van der Waals surface area (Å²) in [6.07, 6.45) is 0. The molecule has 0 amide bonds. The highest BCUT2D eigenvalue weighted by atomic mass is 35.5. The molecule has 0 radical (unpaired) electrons. The Bertz CT molecular complexity index is 739. The van der Waals surface area contributed by atoms with E-state index in [1.54, 1.807) is 12.1 Å². The van der Waals surface area contributed by atoms with Crippen molar-refractivity contribution in [2.75, 3.05) is 0 Å². The predicted octanol–water partition coefficient (Wildman–Crippen LogP) is 3.42. The van der Waals surface area contributed by atoms with Gasteiger partial charge in [0, 0.05) is 20.2 Å². The molecule has 0 saturated heterocycles. The summed E-state index contributed by atoms with van der Waals surface area (Å²) in [6.45, 7) is 0. The van der Waals surface area contributed by atoms with Gasteiger partial charge in [0.15, 0.2) is 0 Å². The highest BCUT2D eigenvalue weighted by Crippen LogP contribution is 2.33. The summed E-state index contributed by atoms with van der Waals surface area (Å²) in [7, 11) is -1.50. The lowest BCUT2D eigenvalue weighted by Gasteiger charge is -2.02. The molecule has 0 saturated carbocycles. The van der Waals surface area contributed by atoms with E-state index in [1.807, 2.05) is 48.5 Å². The maximum Gasteiger partial charge on any atom is 0.489 e. The molecule has 2 aromatic carbocycles. The van der Waals surface area contributed by atoms with E-state index < -0.39 is 7.12 Å². The van der Waals surface area contributed by atoms with E-state index >= 15 is 0 Å². The van der Waals surface area contributed by atoms with Crippen LogP contribution in [0.4, 0.5) is 0 Å². The number of thiophene rings is 1. The third-order valence-corrected chi connectivity index (χ3v) is 4.70. The van der Waals surface area contributed by atoms with Gasteiger partial charge in [-0.15, -0.1) is 11.3 Å². The third kappa shape index (κ3) is 3.04. The Kier molecular flexibility index (Phi) is 4.13. The predicted molar refractivity (Wildman–Crippen MR) is 90.0 cm³/mol. The first-order chi connectivity index (χ1) is 10.1. The van der Waals surface area contributed by atoms with Crippen molar-refractivity contribution in [2.45, 2.75) is 0 Å². The summed E-state index contributed by atoms with van der Waals surface area (Å²) >= 11 is 7.44. The molecule has 104 valence electrons. The number of hydrogen-bond acceptors (Lipinski definition) is 3. The van der Waals surface area contributed by atoms with E-state index in [9.17, 15) is 10.0 Å². The topological polar surface area (TPSA) is 40.5 Å². The average molecular weight is 315 g/mol. The highest BCUT2D eigenvalue weighted by molar-refractivity contribution is 7.20. The van der Waals surface area contributed by atoms with E-state index in [0.717, 1.165) is 20.9 Å². The van der Waals surface area contributed by atoms with Crippen LogP contribution in [0.3, 0.4) is 0 Å². The van der Waals surface area contributed by atoms with Crippen LogP contribution < -0.4 is 5.46 Å². The Morgan fingerprint density at radius 3 is 2.14 bits per heavy atom. The van der Waals surface area contributed by atoms with E-state index in [4.69, 9.17) is 11.6 Å². The molecule has 0 bridgehead atoms. The molecule has 1 aromatic heterocycles. The van der Waals surface area contributed by atoms with Gasteiger partial charge in [0.2, 0.25) is 0 Å². The maximum atomic E-state index is 9.62. The normalized spacial score (nSPS) is 10.6. The second-order valence-electron chi connectivity index (χ2n) is 4.64. The standard InChI is InChI=1S/C16H12BClO2S/c18-13-8-6-12(7-9-13)16-14(17(19)20)10-15(21-16)11-4-2-1-3-5-11/h1-10,19-20H. The van der Waals surface area contributed by atoms with E-state index in [1.165, 1.54) is 11.3 Å². The minimum Gasteiger partial charge on any atom is -0.423 e. The second-order valence-corrected chi connectivity index (χ2v) is 6.13. The molecule has 2 nitrogen and oxygen atoms in total. The molecule has 5 heteroatoms. The van der Waals surface area contributed by atoms with Crippen molar-refractivity contribution < 1.29 is 10.0 Å². The summed E-state index contributed by atoms with van der Waals surface area (Å²) in [5.74, 6) is 0. The lowest BCUT2D eigenvalue weighted by molar-refractivity contribution is 0.426. The van der Waals surface area contributed by atoms with Crippen molar-refractivity contribution in [1.82, 2.24) is 0 Å². The van der Waals surface area contributed by atoms with Crippen LogP contribution in [0.15, 0.2) is 60.7 Å².